The minimum Gasteiger partial charge on any atom is -0.483 e. The maximum Gasteiger partial charge on any atom is 0.290 e. The highest BCUT2D eigenvalue weighted by atomic mass is 16.3. The van der Waals surface area contributed by atoms with Crippen molar-refractivity contribution < 1.29 is 14.3 Å². The van der Waals surface area contributed by atoms with E-state index in [2.05, 4.69) is 6.07 Å². The van der Waals surface area contributed by atoms with Gasteiger partial charge in [0.25, 0.3) is 6.47 Å². The molecule has 2 bridgehead atoms. The normalized spacial score (nSPS) is 11.2. The average molecular weight is 204 g/mol. The van der Waals surface area contributed by atoms with Gasteiger partial charge in [0.1, 0.15) is 5.58 Å². The fourth-order valence-electron chi connectivity index (χ4n) is 1.65. The van der Waals surface area contributed by atoms with Gasteiger partial charge in [0.15, 0.2) is 5.43 Å². The minimum atomic E-state index is -0.250. The molecule has 0 radical (unpaired) electrons. The third-order valence-corrected chi connectivity index (χ3v) is 2.29. The molecule has 0 atom stereocenters. The molecule has 2 aliphatic carbocycles. The summed E-state index contributed by atoms with van der Waals surface area (Å²) in [6.45, 7) is -0.250. The van der Waals surface area contributed by atoms with Gasteiger partial charge in [-0.05, 0) is 11.6 Å². The van der Waals surface area contributed by atoms with E-state index < -0.39 is 0 Å². The van der Waals surface area contributed by atoms with Crippen LogP contribution in [0.2, 0.25) is 0 Å². The number of carbonyl (C=O) groups is 1. The Morgan fingerprint density at radius 2 is 2.07 bits per heavy atom. The Morgan fingerprint density at radius 1 is 1.40 bits per heavy atom. The lowest BCUT2D eigenvalue weighted by molar-refractivity contribution is -0.122. The van der Waals surface area contributed by atoms with Gasteiger partial charge in [-0.15, -0.1) is 0 Å². The number of hydrogen-bond donors (Lipinski definition) is 1. The van der Waals surface area contributed by atoms with Crippen LogP contribution in [0, 0.1) is 0 Å². The summed E-state index contributed by atoms with van der Waals surface area (Å²) < 4.78 is 5.27. The van der Waals surface area contributed by atoms with Crippen LogP contribution in [0.4, 0.5) is 0 Å². The van der Waals surface area contributed by atoms with E-state index >= 15 is 0 Å². The van der Waals surface area contributed by atoms with E-state index in [9.17, 15) is 4.79 Å². The first kappa shape index (κ1) is 9.45. The van der Waals surface area contributed by atoms with E-state index in [4.69, 9.17) is 14.3 Å². The van der Waals surface area contributed by atoms with Crippen LogP contribution in [0.5, 0.6) is 0 Å². The van der Waals surface area contributed by atoms with Crippen molar-refractivity contribution in [3.05, 3.63) is 45.8 Å². The van der Waals surface area contributed by atoms with E-state index in [0.717, 1.165) is 23.0 Å². The standard InChI is InChI=1S/C10H6O2.CH2O2/c11-9-1-2-12-10-7-3-6(4-7)5-8(9)10;2-1-3/h1-3,5H,4H2;1H,(H,2,3). The van der Waals surface area contributed by atoms with E-state index in [1.807, 2.05) is 6.07 Å². The number of hydrogen-bond acceptors (Lipinski definition) is 3. The van der Waals surface area contributed by atoms with Gasteiger partial charge in [0.2, 0.25) is 0 Å². The summed E-state index contributed by atoms with van der Waals surface area (Å²) in [7, 11) is 0. The molecular formula is C11H8O4. The molecule has 2 aliphatic rings. The predicted octanol–water partition coefficient (Wildman–Crippen LogP) is 1.40. The van der Waals surface area contributed by atoms with Crippen molar-refractivity contribution in [2.45, 2.75) is 6.42 Å². The lowest BCUT2D eigenvalue weighted by Crippen LogP contribution is -2.07. The van der Waals surface area contributed by atoms with Gasteiger partial charge in [0, 0.05) is 18.1 Å². The van der Waals surface area contributed by atoms with Gasteiger partial charge >= 0.3 is 0 Å². The smallest absolute Gasteiger partial charge is 0.290 e. The summed E-state index contributed by atoms with van der Waals surface area (Å²) >= 11 is 0. The Morgan fingerprint density at radius 3 is 2.67 bits per heavy atom. The van der Waals surface area contributed by atoms with E-state index in [0.29, 0.717) is 0 Å². The number of rotatable bonds is 0. The van der Waals surface area contributed by atoms with Crippen LogP contribution >= 0.6 is 0 Å². The second-order valence-electron chi connectivity index (χ2n) is 3.20. The largest absolute Gasteiger partial charge is 0.483 e. The Bertz CT molecular complexity index is 568. The van der Waals surface area contributed by atoms with Crippen molar-refractivity contribution in [1.29, 1.82) is 0 Å². The molecule has 1 heterocycles. The van der Waals surface area contributed by atoms with Crippen LogP contribution in [0.15, 0.2) is 33.7 Å². The number of carboxylic acid groups (broad SMARTS) is 1. The van der Waals surface area contributed by atoms with Gasteiger partial charge in [0.05, 0.1) is 11.6 Å². The zero-order chi connectivity index (χ0) is 10.8. The van der Waals surface area contributed by atoms with Crippen LogP contribution in [-0.2, 0) is 11.2 Å². The van der Waals surface area contributed by atoms with Gasteiger partial charge in [-0.1, -0.05) is 6.07 Å². The molecule has 15 heavy (non-hydrogen) atoms. The molecule has 1 N–H and O–H groups in total. The van der Waals surface area contributed by atoms with E-state index in [-0.39, 0.29) is 11.9 Å². The van der Waals surface area contributed by atoms with E-state index in [1.165, 1.54) is 17.9 Å². The third kappa shape index (κ3) is 1.50. The van der Waals surface area contributed by atoms with Crippen LogP contribution in [0.1, 0.15) is 11.1 Å². The molecule has 0 fully saturated rings. The Balaban J connectivity index is 0.000000258. The summed E-state index contributed by atoms with van der Waals surface area (Å²) in [6.07, 6.45) is 2.42. The Labute approximate surface area is 84.8 Å². The topological polar surface area (TPSA) is 67.5 Å². The maximum atomic E-state index is 11.3. The number of benzene rings is 1. The monoisotopic (exact) mass is 204 g/mol. The molecule has 1 aromatic heterocycles. The molecular weight excluding hydrogens is 196 g/mol. The fraction of sp³-hybridized carbons (Fsp3) is 0.0909. The molecule has 4 nitrogen and oxygen atoms in total. The molecule has 4 heteroatoms. The minimum absolute atomic E-state index is 0.0547. The summed E-state index contributed by atoms with van der Waals surface area (Å²) in [6, 6.07) is 5.43. The lowest BCUT2D eigenvalue weighted by Gasteiger charge is -2.15. The summed E-state index contributed by atoms with van der Waals surface area (Å²) in [5.74, 6) is 0. The van der Waals surface area contributed by atoms with Crippen LogP contribution in [0.25, 0.3) is 11.0 Å². The van der Waals surface area contributed by atoms with Crippen molar-refractivity contribution in [2.24, 2.45) is 0 Å². The molecule has 0 aliphatic heterocycles. The van der Waals surface area contributed by atoms with Crippen molar-refractivity contribution in [1.82, 2.24) is 0 Å². The summed E-state index contributed by atoms with van der Waals surface area (Å²) in [5, 5.41) is 7.61. The zero-order valence-corrected chi connectivity index (χ0v) is 7.77. The molecule has 1 aromatic carbocycles. The second kappa shape index (κ2) is 3.57. The van der Waals surface area contributed by atoms with Crippen molar-refractivity contribution in [2.75, 3.05) is 0 Å². The van der Waals surface area contributed by atoms with E-state index in [1.54, 1.807) is 0 Å². The summed E-state index contributed by atoms with van der Waals surface area (Å²) in [4.78, 5) is 19.7. The second-order valence-corrected chi connectivity index (χ2v) is 3.20. The van der Waals surface area contributed by atoms with Gasteiger partial charge in [-0.2, -0.15) is 0 Å². The highest BCUT2D eigenvalue weighted by molar-refractivity contribution is 5.83. The molecule has 0 spiro atoms. The quantitative estimate of drug-likeness (QED) is 0.562. The first-order chi connectivity index (χ1) is 7.26. The molecule has 2 aromatic rings. The Kier molecular flexibility index (Phi) is 2.25. The third-order valence-electron chi connectivity index (χ3n) is 2.29. The fourth-order valence-corrected chi connectivity index (χ4v) is 1.65. The zero-order valence-electron chi connectivity index (χ0n) is 7.77. The van der Waals surface area contributed by atoms with Gasteiger partial charge < -0.3 is 9.52 Å². The average Bonchev–Trinajstić information content (AvgIpc) is 2.17. The van der Waals surface area contributed by atoms with Crippen LogP contribution in [0.3, 0.4) is 0 Å². The van der Waals surface area contributed by atoms with Crippen LogP contribution < -0.4 is 5.43 Å². The summed E-state index contributed by atoms with van der Waals surface area (Å²) in [5.41, 5.74) is 3.20. The first-order valence-electron chi connectivity index (χ1n) is 4.37. The van der Waals surface area contributed by atoms with Gasteiger partial charge in [-0.25, -0.2) is 0 Å². The highest BCUT2D eigenvalue weighted by Crippen LogP contribution is 2.29. The highest BCUT2D eigenvalue weighted by Gasteiger charge is 2.16. The molecule has 76 valence electrons. The predicted molar refractivity (Wildman–Crippen MR) is 54.0 cm³/mol. The Hall–Kier alpha value is -2.10. The van der Waals surface area contributed by atoms with Crippen molar-refractivity contribution in [3.8, 4) is 0 Å². The molecule has 0 saturated heterocycles. The SMILES string of the molecule is O=CO.O=c1ccoc2c3cc(cc12)C3. The molecule has 0 unspecified atom stereocenters. The first-order valence-corrected chi connectivity index (χ1v) is 4.37. The maximum absolute atomic E-state index is 11.3. The molecule has 0 amide bonds. The van der Waals surface area contributed by atoms with Crippen LogP contribution in [-0.4, -0.2) is 11.6 Å². The molecule has 4 rings (SSSR count). The molecule has 0 saturated carbocycles. The van der Waals surface area contributed by atoms with Gasteiger partial charge in [-0.3, -0.25) is 9.59 Å². The van der Waals surface area contributed by atoms with Crippen molar-refractivity contribution in [3.63, 3.8) is 0 Å². The lowest BCUT2D eigenvalue weighted by atomic mass is 9.90. The van der Waals surface area contributed by atoms with Crippen molar-refractivity contribution >= 4 is 17.4 Å².